The highest BCUT2D eigenvalue weighted by molar-refractivity contribution is 6.31. The van der Waals surface area contributed by atoms with Crippen molar-refractivity contribution < 1.29 is 4.79 Å². The maximum Gasteiger partial charge on any atom is 0.227 e. The van der Waals surface area contributed by atoms with E-state index < -0.39 is 0 Å². The standard InChI is InChI=1S/C14H19ClN2O/c1-10(11-5-2-3-6-12(11)15)17-13(18)14(9-16)7-4-8-14/h2-3,5-6,10H,4,7-9,16H2,1H3,(H,17,18)/t10-/m0/s1. The zero-order valence-electron chi connectivity index (χ0n) is 10.6. The second kappa shape index (κ2) is 5.29. The molecule has 0 saturated heterocycles. The van der Waals surface area contributed by atoms with Crippen molar-refractivity contribution in [3.63, 3.8) is 0 Å². The predicted octanol–water partition coefficient (Wildman–Crippen LogP) is 2.65. The van der Waals surface area contributed by atoms with Gasteiger partial charge in [-0.25, -0.2) is 0 Å². The second-order valence-electron chi connectivity index (χ2n) is 5.05. The molecule has 18 heavy (non-hydrogen) atoms. The average Bonchev–Trinajstić information content (AvgIpc) is 2.28. The lowest BCUT2D eigenvalue weighted by atomic mass is 9.68. The first-order chi connectivity index (χ1) is 8.59. The van der Waals surface area contributed by atoms with Crippen molar-refractivity contribution in [2.24, 2.45) is 11.1 Å². The van der Waals surface area contributed by atoms with E-state index in [9.17, 15) is 4.79 Å². The van der Waals surface area contributed by atoms with Crippen LogP contribution < -0.4 is 11.1 Å². The highest BCUT2D eigenvalue weighted by atomic mass is 35.5. The Hall–Kier alpha value is -1.06. The molecule has 1 atom stereocenters. The van der Waals surface area contributed by atoms with Crippen LogP contribution in [0, 0.1) is 5.41 Å². The minimum absolute atomic E-state index is 0.0590. The molecule has 3 N–H and O–H groups in total. The highest BCUT2D eigenvalue weighted by Gasteiger charge is 2.43. The van der Waals surface area contributed by atoms with Crippen LogP contribution in [-0.2, 0) is 4.79 Å². The molecule has 0 radical (unpaired) electrons. The molecule has 4 heteroatoms. The Balaban J connectivity index is 2.06. The number of hydrogen-bond acceptors (Lipinski definition) is 2. The van der Waals surface area contributed by atoms with Crippen LogP contribution in [0.5, 0.6) is 0 Å². The molecule has 0 spiro atoms. The zero-order chi connectivity index (χ0) is 13.2. The summed E-state index contributed by atoms with van der Waals surface area (Å²) in [6, 6.07) is 7.49. The van der Waals surface area contributed by atoms with E-state index in [0.717, 1.165) is 24.8 Å². The number of halogens is 1. The summed E-state index contributed by atoms with van der Waals surface area (Å²) >= 11 is 6.12. The quantitative estimate of drug-likeness (QED) is 0.880. The summed E-state index contributed by atoms with van der Waals surface area (Å²) < 4.78 is 0. The van der Waals surface area contributed by atoms with E-state index >= 15 is 0 Å². The Kier molecular flexibility index (Phi) is 3.93. The molecule has 1 aliphatic carbocycles. The number of rotatable bonds is 4. The summed E-state index contributed by atoms with van der Waals surface area (Å²) in [7, 11) is 0. The van der Waals surface area contributed by atoms with Gasteiger partial charge in [0.25, 0.3) is 0 Å². The fourth-order valence-electron chi connectivity index (χ4n) is 2.38. The van der Waals surface area contributed by atoms with Crippen LogP contribution in [0.4, 0.5) is 0 Å². The van der Waals surface area contributed by atoms with Crippen LogP contribution in [0.25, 0.3) is 0 Å². The first kappa shape index (κ1) is 13.4. The minimum Gasteiger partial charge on any atom is -0.349 e. The largest absolute Gasteiger partial charge is 0.349 e. The fourth-order valence-corrected chi connectivity index (χ4v) is 2.68. The van der Waals surface area contributed by atoms with E-state index in [1.165, 1.54) is 0 Å². The third-order valence-corrected chi connectivity index (χ3v) is 4.25. The summed E-state index contributed by atoms with van der Waals surface area (Å²) in [6.45, 7) is 2.37. The van der Waals surface area contributed by atoms with Gasteiger partial charge in [-0.1, -0.05) is 36.2 Å². The van der Waals surface area contributed by atoms with Gasteiger partial charge in [-0.3, -0.25) is 4.79 Å². The lowest BCUT2D eigenvalue weighted by Crippen LogP contribution is -2.50. The number of hydrogen-bond donors (Lipinski definition) is 2. The van der Waals surface area contributed by atoms with Crippen LogP contribution in [0.2, 0.25) is 5.02 Å². The number of carbonyl (C=O) groups excluding carboxylic acids is 1. The van der Waals surface area contributed by atoms with Crippen molar-refractivity contribution in [1.82, 2.24) is 5.32 Å². The molecule has 2 rings (SSSR count). The smallest absolute Gasteiger partial charge is 0.227 e. The summed E-state index contributed by atoms with van der Waals surface area (Å²) in [5, 5.41) is 3.71. The van der Waals surface area contributed by atoms with Crippen molar-refractivity contribution in [3.05, 3.63) is 34.9 Å². The van der Waals surface area contributed by atoms with Gasteiger partial charge in [0.2, 0.25) is 5.91 Å². The fraction of sp³-hybridized carbons (Fsp3) is 0.500. The summed E-state index contributed by atoms with van der Waals surface area (Å²) in [5.41, 5.74) is 6.33. The Morgan fingerprint density at radius 2 is 2.17 bits per heavy atom. The van der Waals surface area contributed by atoms with E-state index in [4.69, 9.17) is 17.3 Å². The summed E-state index contributed by atoms with van der Waals surface area (Å²) in [4.78, 5) is 12.2. The number of carbonyl (C=O) groups is 1. The Morgan fingerprint density at radius 1 is 1.50 bits per heavy atom. The number of nitrogens with one attached hydrogen (secondary N) is 1. The molecule has 0 bridgehead atoms. The molecule has 1 aliphatic rings. The zero-order valence-corrected chi connectivity index (χ0v) is 11.3. The first-order valence-electron chi connectivity index (χ1n) is 6.34. The Labute approximate surface area is 113 Å². The summed E-state index contributed by atoms with van der Waals surface area (Å²) in [5.74, 6) is 0.0590. The first-order valence-corrected chi connectivity index (χ1v) is 6.72. The van der Waals surface area contributed by atoms with Crippen LogP contribution in [0.3, 0.4) is 0 Å². The monoisotopic (exact) mass is 266 g/mol. The second-order valence-corrected chi connectivity index (χ2v) is 5.46. The number of benzene rings is 1. The molecule has 0 aliphatic heterocycles. The van der Waals surface area contributed by atoms with Crippen molar-refractivity contribution in [2.45, 2.75) is 32.2 Å². The summed E-state index contributed by atoms with van der Waals surface area (Å²) in [6.07, 6.45) is 2.88. The van der Waals surface area contributed by atoms with Crippen molar-refractivity contribution >= 4 is 17.5 Å². The highest BCUT2D eigenvalue weighted by Crippen LogP contribution is 2.40. The number of amides is 1. The Morgan fingerprint density at radius 3 is 2.67 bits per heavy atom. The molecule has 1 fully saturated rings. The van der Waals surface area contributed by atoms with Crippen LogP contribution in [0.1, 0.15) is 37.8 Å². The lowest BCUT2D eigenvalue weighted by Gasteiger charge is -2.39. The molecule has 1 saturated carbocycles. The van der Waals surface area contributed by atoms with Crippen LogP contribution in [0.15, 0.2) is 24.3 Å². The molecule has 1 amide bonds. The lowest BCUT2D eigenvalue weighted by molar-refractivity contribution is -0.135. The topological polar surface area (TPSA) is 55.1 Å². The van der Waals surface area contributed by atoms with Gasteiger partial charge in [0.05, 0.1) is 11.5 Å². The minimum atomic E-state index is -0.338. The molecule has 1 aromatic rings. The van der Waals surface area contributed by atoms with Crippen LogP contribution in [-0.4, -0.2) is 12.5 Å². The molecular weight excluding hydrogens is 248 g/mol. The van der Waals surface area contributed by atoms with Crippen molar-refractivity contribution in [2.75, 3.05) is 6.54 Å². The third-order valence-electron chi connectivity index (χ3n) is 3.90. The van der Waals surface area contributed by atoms with Gasteiger partial charge in [-0.05, 0) is 31.4 Å². The molecule has 98 valence electrons. The van der Waals surface area contributed by atoms with E-state index in [1.807, 2.05) is 31.2 Å². The van der Waals surface area contributed by atoms with E-state index in [0.29, 0.717) is 11.6 Å². The molecule has 0 heterocycles. The van der Waals surface area contributed by atoms with Gasteiger partial charge >= 0.3 is 0 Å². The van der Waals surface area contributed by atoms with Gasteiger partial charge in [0.1, 0.15) is 0 Å². The number of nitrogens with two attached hydrogens (primary N) is 1. The van der Waals surface area contributed by atoms with Crippen molar-refractivity contribution in [1.29, 1.82) is 0 Å². The molecule has 0 unspecified atom stereocenters. The van der Waals surface area contributed by atoms with Gasteiger partial charge in [0.15, 0.2) is 0 Å². The molecule has 0 aromatic heterocycles. The molecule has 3 nitrogen and oxygen atoms in total. The van der Waals surface area contributed by atoms with Crippen molar-refractivity contribution in [3.8, 4) is 0 Å². The normalized spacial score (nSPS) is 18.8. The maximum atomic E-state index is 12.2. The Bertz CT molecular complexity index is 438. The predicted molar refractivity (Wildman–Crippen MR) is 73.3 cm³/mol. The average molecular weight is 267 g/mol. The molecular formula is C14H19ClN2O. The van der Waals surface area contributed by atoms with E-state index in [-0.39, 0.29) is 17.4 Å². The third kappa shape index (κ3) is 2.38. The van der Waals surface area contributed by atoms with Gasteiger partial charge in [-0.2, -0.15) is 0 Å². The van der Waals surface area contributed by atoms with E-state index in [1.54, 1.807) is 0 Å². The SMILES string of the molecule is C[C@H](NC(=O)C1(CN)CCC1)c1ccccc1Cl. The molecule has 1 aromatic carbocycles. The van der Waals surface area contributed by atoms with E-state index in [2.05, 4.69) is 5.32 Å². The maximum absolute atomic E-state index is 12.2. The van der Waals surface area contributed by atoms with Gasteiger partial charge in [0, 0.05) is 11.6 Å². The van der Waals surface area contributed by atoms with Gasteiger partial charge in [-0.15, -0.1) is 0 Å². The van der Waals surface area contributed by atoms with Gasteiger partial charge < -0.3 is 11.1 Å². The van der Waals surface area contributed by atoms with Crippen LogP contribution >= 0.6 is 11.6 Å².